The molecule has 0 bridgehead atoms. The monoisotopic (exact) mass is 264 g/mol. The van der Waals surface area contributed by atoms with Crippen molar-refractivity contribution in [1.82, 2.24) is 4.98 Å². The largest absolute Gasteiger partial charge is 0.417 e. The Balaban J connectivity index is 3.22. The van der Waals surface area contributed by atoms with E-state index >= 15 is 0 Å². The SMILES string of the molecule is N#CCc1nccc(C(F)(F)F)c1Br. The lowest BCUT2D eigenvalue weighted by molar-refractivity contribution is -0.138. The van der Waals surface area contributed by atoms with Gasteiger partial charge in [-0.1, -0.05) is 0 Å². The van der Waals surface area contributed by atoms with Crippen LogP contribution in [0, 0.1) is 11.3 Å². The smallest absolute Gasteiger partial charge is 0.259 e. The number of pyridine rings is 1. The number of nitrogens with zero attached hydrogens (tertiary/aromatic N) is 2. The molecular weight excluding hydrogens is 261 g/mol. The van der Waals surface area contributed by atoms with Crippen LogP contribution in [-0.2, 0) is 12.6 Å². The van der Waals surface area contributed by atoms with Crippen LogP contribution in [0.15, 0.2) is 16.7 Å². The number of alkyl halides is 3. The lowest BCUT2D eigenvalue weighted by Crippen LogP contribution is -2.08. The zero-order valence-electron chi connectivity index (χ0n) is 6.77. The molecule has 0 fully saturated rings. The molecule has 0 aromatic carbocycles. The molecule has 1 aromatic rings. The molecule has 0 atom stereocenters. The summed E-state index contributed by atoms with van der Waals surface area (Å²) in [6, 6.07) is 2.61. The lowest BCUT2D eigenvalue weighted by atomic mass is 10.2. The second kappa shape index (κ2) is 3.96. The van der Waals surface area contributed by atoms with Crippen LogP contribution in [0.2, 0.25) is 0 Å². The van der Waals surface area contributed by atoms with Crippen molar-refractivity contribution in [2.75, 3.05) is 0 Å². The molecule has 1 rings (SSSR count). The van der Waals surface area contributed by atoms with Gasteiger partial charge in [0.15, 0.2) is 0 Å². The quantitative estimate of drug-likeness (QED) is 0.782. The van der Waals surface area contributed by atoms with E-state index in [4.69, 9.17) is 5.26 Å². The Morgan fingerprint density at radius 1 is 1.50 bits per heavy atom. The molecule has 0 aliphatic rings. The molecule has 1 aromatic heterocycles. The van der Waals surface area contributed by atoms with Crippen LogP contribution in [0.5, 0.6) is 0 Å². The van der Waals surface area contributed by atoms with Crippen LogP contribution in [0.4, 0.5) is 13.2 Å². The van der Waals surface area contributed by atoms with Crippen molar-refractivity contribution in [3.63, 3.8) is 0 Å². The van der Waals surface area contributed by atoms with Crippen molar-refractivity contribution in [3.8, 4) is 6.07 Å². The maximum absolute atomic E-state index is 12.3. The average Bonchev–Trinajstić information content (AvgIpc) is 2.07. The van der Waals surface area contributed by atoms with Gasteiger partial charge in [-0.25, -0.2) is 0 Å². The number of nitriles is 1. The summed E-state index contributed by atoms with van der Waals surface area (Å²) < 4.78 is 36.8. The fraction of sp³-hybridized carbons (Fsp3) is 0.250. The first-order valence-corrected chi connectivity index (χ1v) is 4.33. The summed E-state index contributed by atoms with van der Waals surface area (Å²) in [5, 5.41) is 8.35. The Morgan fingerprint density at radius 2 is 2.14 bits per heavy atom. The summed E-state index contributed by atoms with van der Waals surface area (Å²) in [5.74, 6) is 0. The van der Waals surface area contributed by atoms with Crippen molar-refractivity contribution in [2.24, 2.45) is 0 Å². The Morgan fingerprint density at radius 3 is 2.64 bits per heavy atom. The topological polar surface area (TPSA) is 36.7 Å². The minimum absolute atomic E-state index is 0.0994. The van der Waals surface area contributed by atoms with E-state index in [-0.39, 0.29) is 16.6 Å². The van der Waals surface area contributed by atoms with Crippen molar-refractivity contribution < 1.29 is 13.2 Å². The van der Waals surface area contributed by atoms with Gasteiger partial charge in [-0.05, 0) is 22.0 Å². The van der Waals surface area contributed by atoms with Crippen molar-refractivity contribution in [1.29, 1.82) is 5.26 Å². The van der Waals surface area contributed by atoms with E-state index in [0.717, 1.165) is 12.3 Å². The van der Waals surface area contributed by atoms with E-state index in [1.807, 2.05) is 0 Å². The molecule has 1 heterocycles. The molecule has 0 radical (unpaired) electrons. The molecule has 0 spiro atoms. The Labute approximate surface area is 86.5 Å². The van der Waals surface area contributed by atoms with Gasteiger partial charge in [-0.15, -0.1) is 0 Å². The van der Waals surface area contributed by atoms with Gasteiger partial charge >= 0.3 is 6.18 Å². The number of aromatic nitrogens is 1. The van der Waals surface area contributed by atoms with Crippen molar-refractivity contribution >= 4 is 15.9 Å². The minimum atomic E-state index is -4.42. The van der Waals surface area contributed by atoms with E-state index in [9.17, 15) is 13.2 Å². The molecule has 14 heavy (non-hydrogen) atoms. The Bertz CT molecular complexity index is 381. The van der Waals surface area contributed by atoms with E-state index in [2.05, 4.69) is 20.9 Å². The highest BCUT2D eigenvalue weighted by molar-refractivity contribution is 9.10. The summed E-state index contributed by atoms with van der Waals surface area (Å²) in [4.78, 5) is 3.67. The van der Waals surface area contributed by atoms with Gasteiger partial charge in [-0.3, -0.25) is 4.98 Å². The first-order valence-electron chi connectivity index (χ1n) is 3.54. The third-order valence-electron chi connectivity index (χ3n) is 1.51. The molecule has 0 N–H and O–H groups in total. The van der Waals surface area contributed by atoms with Gasteiger partial charge in [0.2, 0.25) is 0 Å². The van der Waals surface area contributed by atoms with Crippen LogP contribution < -0.4 is 0 Å². The number of rotatable bonds is 1. The maximum Gasteiger partial charge on any atom is 0.417 e. The first kappa shape index (κ1) is 11.0. The number of hydrogen-bond donors (Lipinski definition) is 0. The third kappa shape index (κ3) is 2.23. The highest BCUT2D eigenvalue weighted by atomic mass is 79.9. The molecular formula is C8H4BrF3N2. The fourth-order valence-corrected chi connectivity index (χ4v) is 1.50. The van der Waals surface area contributed by atoms with Crippen LogP contribution in [-0.4, -0.2) is 4.98 Å². The summed E-state index contributed by atoms with van der Waals surface area (Å²) >= 11 is 2.78. The molecule has 0 unspecified atom stereocenters. The highest BCUT2D eigenvalue weighted by Gasteiger charge is 2.33. The molecule has 2 nitrogen and oxygen atoms in total. The second-order valence-corrected chi connectivity index (χ2v) is 3.24. The summed E-state index contributed by atoms with van der Waals surface area (Å²) in [7, 11) is 0. The summed E-state index contributed by atoms with van der Waals surface area (Å²) in [6.45, 7) is 0. The molecule has 0 saturated heterocycles. The molecule has 0 saturated carbocycles. The highest BCUT2D eigenvalue weighted by Crippen LogP contribution is 2.35. The normalized spacial score (nSPS) is 11.1. The van der Waals surface area contributed by atoms with E-state index < -0.39 is 11.7 Å². The van der Waals surface area contributed by atoms with Gasteiger partial charge in [0.1, 0.15) is 0 Å². The van der Waals surface area contributed by atoms with E-state index in [1.165, 1.54) is 0 Å². The predicted molar refractivity (Wildman–Crippen MR) is 46.3 cm³/mol. The molecule has 0 amide bonds. The van der Waals surface area contributed by atoms with Crippen molar-refractivity contribution in [2.45, 2.75) is 12.6 Å². The third-order valence-corrected chi connectivity index (χ3v) is 2.40. The van der Waals surface area contributed by atoms with E-state index in [0.29, 0.717) is 0 Å². The van der Waals surface area contributed by atoms with Gasteiger partial charge in [0.25, 0.3) is 0 Å². The van der Waals surface area contributed by atoms with Crippen LogP contribution in [0.3, 0.4) is 0 Å². The Kier molecular flexibility index (Phi) is 3.11. The van der Waals surface area contributed by atoms with Crippen molar-refractivity contribution in [3.05, 3.63) is 28.0 Å². The second-order valence-electron chi connectivity index (χ2n) is 2.45. The molecule has 0 aliphatic carbocycles. The predicted octanol–water partition coefficient (Wildman–Crippen LogP) is 2.93. The zero-order chi connectivity index (χ0) is 10.8. The summed E-state index contributed by atoms with van der Waals surface area (Å²) in [6.07, 6.45) is -3.53. The van der Waals surface area contributed by atoms with Crippen LogP contribution in [0.1, 0.15) is 11.3 Å². The molecule has 0 aliphatic heterocycles. The van der Waals surface area contributed by atoms with Gasteiger partial charge in [-0.2, -0.15) is 18.4 Å². The summed E-state index contributed by atoms with van der Waals surface area (Å²) in [5.41, 5.74) is -0.708. The van der Waals surface area contributed by atoms with Crippen LogP contribution in [0.25, 0.3) is 0 Å². The number of hydrogen-bond acceptors (Lipinski definition) is 2. The van der Waals surface area contributed by atoms with Gasteiger partial charge in [0, 0.05) is 6.20 Å². The first-order chi connectivity index (χ1) is 6.46. The fourth-order valence-electron chi connectivity index (χ4n) is 0.904. The van der Waals surface area contributed by atoms with Gasteiger partial charge < -0.3 is 0 Å². The van der Waals surface area contributed by atoms with Gasteiger partial charge in [0.05, 0.1) is 28.2 Å². The lowest BCUT2D eigenvalue weighted by Gasteiger charge is -2.09. The minimum Gasteiger partial charge on any atom is -0.259 e. The van der Waals surface area contributed by atoms with Crippen LogP contribution >= 0.6 is 15.9 Å². The molecule has 74 valence electrons. The van der Waals surface area contributed by atoms with E-state index in [1.54, 1.807) is 6.07 Å². The average molecular weight is 265 g/mol. The Hall–Kier alpha value is -1.09. The zero-order valence-corrected chi connectivity index (χ0v) is 8.35. The standard InChI is InChI=1S/C8H4BrF3N2/c9-7-5(8(10,11)12)2-4-14-6(7)1-3-13/h2,4H,1H2. The molecule has 6 heteroatoms. The maximum atomic E-state index is 12.3. The number of halogens is 4.